The van der Waals surface area contributed by atoms with Crippen molar-refractivity contribution in [3.63, 3.8) is 0 Å². The van der Waals surface area contributed by atoms with E-state index < -0.39 is 0 Å². The Hall–Kier alpha value is -0.730. The van der Waals surface area contributed by atoms with E-state index in [1.807, 2.05) is 11.8 Å². The minimum absolute atomic E-state index is 0.0987. The average molecular weight is 169 g/mol. The summed E-state index contributed by atoms with van der Waals surface area (Å²) in [4.78, 5) is 13.2. The van der Waals surface area contributed by atoms with Crippen molar-refractivity contribution in [1.29, 1.82) is 0 Å². The molecule has 0 N–H and O–H groups in total. The van der Waals surface area contributed by atoms with Crippen LogP contribution >= 0.6 is 0 Å². The Morgan fingerprint density at radius 3 is 3.17 bits per heavy atom. The van der Waals surface area contributed by atoms with Crippen LogP contribution in [-0.4, -0.2) is 29.7 Å². The van der Waals surface area contributed by atoms with Gasteiger partial charge in [0, 0.05) is 19.0 Å². The second-order valence-electron chi connectivity index (χ2n) is 3.77. The largest absolute Gasteiger partial charge is 0.446 e. The van der Waals surface area contributed by atoms with Crippen molar-refractivity contribution < 1.29 is 9.53 Å². The molecular formula is C9H15NO2. The Kier molecular flexibility index (Phi) is 1.95. The van der Waals surface area contributed by atoms with Gasteiger partial charge in [0.15, 0.2) is 0 Å². The molecule has 0 radical (unpaired) electrons. The first kappa shape index (κ1) is 7.90. The fourth-order valence-electron chi connectivity index (χ4n) is 2.16. The van der Waals surface area contributed by atoms with Crippen LogP contribution in [0.4, 0.5) is 4.79 Å². The predicted octanol–water partition coefficient (Wildman–Crippen LogP) is 1.77. The number of cyclic esters (lactones) is 1. The zero-order valence-corrected chi connectivity index (χ0v) is 7.45. The Morgan fingerprint density at radius 1 is 1.50 bits per heavy atom. The van der Waals surface area contributed by atoms with Gasteiger partial charge in [0.1, 0.15) is 6.10 Å². The number of carbonyl (C=O) groups excluding carboxylic acids is 1. The molecule has 3 nitrogen and oxygen atoms in total. The summed E-state index contributed by atoms with van der Waals surface area (Å²) >= 11 is 0. The van der Waals surface area contributed by atoms with Gasteiger partial charge in [-0.2, -0.15) is 0 Å². The van der Waals surface area contributed by atoms with Gasteiger partial charge < -0.3 is 9.64 Å². The van der Waals surface area contributed by atoms with Crippen molar-refractivity contribution in [2.75, 3.05) is 6.54 Å². The highest BCUT2D eigenvalue weighted by molar-refractivity contribution is 5.69. The van der Waals surface area contributed by atoms with E-state index in [1.54, 1.807) is 0 Å². The maximum absolute atomic E-state index is 11.3. The molecule has 2 heterocycles. The van der Waals surface area contributed by atoms with E-state index >= 15 is 0 Å². The van der Waals surface area contributed by atoms with E-state index in [4.69, 9.17) is 4.74 Å². The smallest absolute Gasteiger partial charge is 0.410 e. The van der Waals surface area contributed by atoms with Crippen LogP contribution in [0.15, 0.2) is 0 Å². The molecule has 12 heavy (non-hydrogen) atoms. The summed E-state index contributed by atoms with van der Waals surface area (Å²) in [7, 11) is 0. The minimum atomic E-state index is -0.0987. The zero-order valence-electron chi connectivity index (χ0n) is 7.45. The van der Waals surface area contributed by atoms with E-state index in [9.17, 15) is 4.79 Å². The lowest BCUT2D eigenvalue weighted by molar-refractivity contribution is -0.00551. The third kappa shape index (κ3) is 1.28. The number of carbonyl (C=O) groups is 1. The quantitative estimate of drug-likeness (QED) is 0.553. The molecular weight excluding hydrogens is 154 g/mol. The van der Waals surface area contributed by atoms with E-state index in [2.05, 4.69) is 0 Å². The lowest BCUT2D eigenvalue weighted by atomic mass is 9.96. The van der Waals surface area contributed by atoms with E-state index in [1.165, 1.54) is 12.8 Å². The van der Waals surface area contributed by atoms with Gasteiger partial charge in [-0.05, 0) is 26.2 Å². The first-order valence-electron chi connectivity index (χ1n) is 4.74. The van der Waals surface area contributed by atoms with Crippen LogP contribution in [0.3, 0.4) is 0 Å². The Labute approximate surface area is 72.7 Å². The number of rotatable bonds is 0. The molecule has 0 spiro atoms. The maximum atomic E-state index is 11.3. The summed E-state index contributed by atoms with van der Waals surface area (Å²) in [5.74, 6) is 0. The third-order valence-corrected chi connectivity index (χ3v) is 2.77. The Morgan fingerprint density at radius 2 is 2.33 bits per heavy atom. The molecule has 3 heteroatoms. The van der Waals surface area contributed by atoms with Crippen LogP contribution in [0.2, 0.25) is 0 Å². The standard InChI is InChI=1S/C9H15NO2/c1-7-6-8-4-2-3-5-10(8)9(11)12-7/h7-8H,2-6H2,1H3/t7-,8+/m1/s1. The molecule has 0 aromatic rings. The highest BCUT2D eigenvalue weighted by atomic mass is 16.6. The number of nitrogens with zero attached hydrogens (tertiary/aromatic N) is 1. The molecule has 2 rings (SSSR count). The predicted molar refractivity (Wildman–Crippen MR) is 44.9 cm³/mol. The molecule has 2 fully saturated rings. The number of ether oxygens (including phenoxy) is 1. The van der Waals surface area contributed by atoms with Crippen molar-refractivity contribution in [2.24, 2.45) is 0 Å². The number of hydrogen-bond acceptors (Lipinski definition) is 2. The Balaban J connectivity index is 2.06. The van der Waals surface area contributed by atoms with Gasteiger partial charge in [0.05, 0.1) is 0 Å². The van der Waals surface area contributed by atoms with Gasteiger partial charge in [-0.25, -0.2) is 4.79 Å². The van der Waals surface area contributed by atoms with Crippen LogP contribution in [0.1, 0.15) is 32.6 Å². The van der Waals surface area contributed by atoms with Crippen molar-refractivity contribution in [3.05, 3.63) is 0 Å². The fourth-order valence-corrected chi connectivity index (χ4v) is 2.16. The summed E-state index contributed by atoms with van der Waals surface area (Å²) in [5, 5.41) is 0. The van der Waals surface area contributed by atoms with Crippen LogP contribution in [-0.2, 0) is 4.74 Å². The molecule has 0 aliphatic carbocycles. The molecule has 68 valence electrons. The molecule has 0 unspecified atom stereocenters. The normalized spacial score (nSPS) is 35.8. The highest BCUT2D eigenvalue weighted by Gasteiger charge is 2.34. The number of amides is 1. The molecule has 0 saturated carbocycles. The van der Waals surface area contributed by atoms with E-state index in [0.29, 0.717) is 6.04 Å². The number of piperidine rings is 1. The molecule has 1 amide bonds. The topological polar surface area (TPSA) is 29.5 Å². The van der Waals surface area contributed by atoms with Gasteiger partial charge in [0.2, 0.25) is 0 Å². The first-order valence-corrected chi connectivity index (χ1v) is 4.74. The third-order valence-electron chi connectivity index (χ3n) is 2.77. The summed E-state index contributed by atoms with van der Waals surface area (Å²) < 4.78 is 5.14. The van der Waals surface area contributed by atoms with Crippen LogP contribution in [0, 0.1) is 0 Å². The summed E-state index contributed by atoms with van der Waals surface area (Å²) in [6.45, 7) is 2.88. The Bertz CT molecular complexity index is 193. The van der Waals surface area contributed by atoms with Crippen LogP contribution < -0.4 is 0 Å². The average Bonchev–Trinajstić information content (AvgIpc) is 2.04. The van der Waals surface area contributed by atoms with E-state index in [-0.39, 0.29) is 12.2 Å². The highest BCUT2D eigenvalue weighted by Crippen LogP contribution is 2.26. The maximum Gasteiger partial charge on any atom is 0.410 e. The summed E-state index contributed by atoms with van der Waals surface area (Å²) in [5.41, 5.74) is 0. The molecule has 2 aliphatic rings. The summed E-state index contributed by atoms with van der Waals surface area (Å²) in [6.07, 6.45) is 4.61. The lowest BCUT2D eigenvalue weighted by Gasteiger charge is -2.40. The molecule has 2 aliphatic heterocycles. The number of fused-ring (bicyclic) bond motifs is 1. The second kappa shape index (κ2) is 2.96. The molecule has 0 aromatic heterocycles. The van der Waals surface area contributed by atoms with E-state index in [0.717, 1.165) is 19.4 Å². The molecule has 2 saturated heterocycles. The van der Waals surface area contributed by atoms with Crippen molar-refractivity contribution in [1.82, 2.24) is 4.90 Å². The van der Waals surface area contributed by atoms with Crippen molar-refractivity contribution in [3.8, 4) is 0 Å². The van der Waals surface area contributed by atoms with Crippen molar-refractivity contribution in [2.45, 2.75) is 44.8 Å². The molecule has 2 atom stereocenters. The van der Waals surface area contributed by atoms with Gasteiger partial charge in [-0.1, -0.05) is 0 Å². The van der Waals surface area contributed by atoms with Crippen LogP contribution in [0.25, 0.3) is 0 Å². The summed E-state index contributed by atoms with van der Waals surface area (Å²) in [6, 6.07) is 0.468. The molecule has 0 bridgehead atoms. The SMILES string of the molecule is C[C@@H]1C[C@@H]2CCCCN2C(=O)O1. The zero-order chi connectivity index (χ0) is 8.55. The lowest BCUT2D eigenvalue weighted by Crippen LogP contribution is -2.50. The minimum Gasteiger partial charge on any atom is -0.446 e. The fraction of sp³-hybridized carbons (Fsp3) is 0.889. The molecule has 0 aromatic carbocycles. The van der Waals surface area contributed by atoms with Crippen molar-refractivity contribution >= 4 is 6.09 Å². The number of hydrogen-bond donors (Lipinski definition) is 0. The van der Waals surface area contributed by atoms with Gasteiger partial charge >= 0.3 is 6.09 Å². The van der Waals surface area contributed by atoms with Crippen LogP contribution in [0.5, 0.6) is 0 Å². The second-order valence-corrected chi connectivity index (χ2v) is 3.77. The van der Waals surface area contributed by atoms with Gasteiger partial charge in [-0.15, -0.1) is 0 Å². The first-order chi connectivity index (χ1) is 5.77. The van der Waals surface area contributed by atoms with Gasteiger partial charge in [-0.3, -0.25) is 0 Å². The van der Waals surface area contributed by atoms with Gasteiger partial charge in [0.25, 0.3) is 0 Å². The monoisotopic (exact) mass is 169 g/mol.